The lowest BCUT2D eigenvalue weighted by Crippen LogP contribution is -2.16. The van der Waals surface area contributed by atoms with E-state index in [2.05, 4.69) is 5.32 Å². The lowest BCUT2D eigenvalue weighted by atomic mass is 10.2. The topological polar surface area (TPSA) is 39.7 Å². The molecule has 27 heavy (non-hydrogen) atoms. The maximum absolute atomic E-state index is 6.21. The Bertz CT molecular complexity index is 690. The lowest BCUT2D eigenvalue weighted by molar-refractivity contribution is 0.144. The average Bonchev–Trinajstić information content (AvgIpc) is 2.66. The normalized spacial score (nSPS) is 10.8. The van der Waals surface area contributed by atoms with Crippen molar-refractivity contribution < 1.29 is 14.2 Å². The van der Waals surface area contributed by atoms with E-state index < -0.39 is 0 Å². The van der Waals surface area contributed by atoms with Crippen molar-refractivity contribution >= 4 is 23.2 Å². The van der Waals surface area contributed by atoms with Crippen LogP contribution in [0.3, 0.4) is 0 Å². The summed E-state index contributed by atoms with van der Waals surface area (Å²) in [5.74, 6) is 1.39. The molecule has 0 aromatic heterocycles. The molecule has 0 spiro atoms. The molecule has 1 N–H and O–H groups in total. The Kier molecular flexibility index (Phi) is 9.78. The number of hydrogen-bond donors (Lipinski definition) is 1. The third-order valence-corrected chi connectivity index (χ3v) is 4.63. The van der Waals surface area contributed by atoms with Gasteiger partial charge in [-0.05, 0) is 56.6 Å². The van der Waals surface area contributed by atoms with Gasteiger partial charge in [-0.3, -0.25) is 0 Å². The number of benzene rings is 2. The molecule has 0 aliphatic heterocycles. The first-order valence-electron chi connectivity index (χ1n) is 9.25. The largest absolute Gasteiger partial charge is 0.490 e. The Balaban J connectivity index is 1.96. The standard InChI is InChI=1S/C21H27Cl2NO3/c1-3-25-12-6-11-24-14-16-9-10-20(21(13-16)26-4-2)27-15-17-18(22)7-5-8-19(17)23/h5,7-10,13,24H,3-4,6,11-12,14-15H2,1-2H3. The summed E-state index contributed by atoms with van der Waals surface area (Å²) in [7, 11) is 0. The van der Waals surface area contributed by atoms with E-state index in [4.69, 9.17) is 37.4 Å². The van der Waals surface area contributed by atoms with E-state index in [0.717, 1.165) is 43.9 Å². The molecule has 148 valence electrons. The van der Waals surface area contributed by atoms with Crippen LogP contribution >= 0.6 is 23.2 Å². The minimum atomic E-state index is 0.285. The Morgan fingerprint density at radius 2 is 1.70 bits per heavy atom. The van der Waals surface area contributed by atoms with Crippen LogP contribution in [0.25, 0.3) is 0 Å². The molecule has 0 atom stereocenters. The van der Waals surface area contributed by atoms with Crippen molar-refractivity contribution in [2.24, 2.45) is 0 Å². The van der Waals surface area contributed by atoms with Crippen LogP contribution in [0.15, 0.2) is 36.4 Å². The molecular weight excluding hydrogens is 385 g/mol. The molecule has 0 saturated heterocycles. The molecule has 0 fully saturated rings. The maximum Gasteiger partial charge on any atom is 0.161 e. The highest BCUT2D eigenvalue weighted by Crippen LogP contribution is 2.31. The predicted molar refractivity (Wildman–Crippen MR) is 111 cm³/mol. The molecule has 4 nitrogen and oxygen atoms in total. The van der Waals surface area contributed by atoms with Crippen LogP contribution in [0.4, 0.5) is 0 Å². The van der Waals surface area contributed by atoms with Gasteiger partial charge in [-0.25, -0.2) is 0 Å². The van der Waals surface area contributed by atoms with Gasteiger partial charge in [0.05, 0.1) is 6.61 Å². The summed E-state index contributed by atoms with van der Waals surface area (Å²) in [4.78, 5) is 0. The van der Waals surface area contributed by atoms with Gasteiger partial charge in [0.15, 0.2) is 11.5 Å². The van der Waals surface area contributed by atoms with Gasteiger partial charge in [-0.1, -0.05) is 35.3 Å². The van der Waals surface area contributed by atoms with Crippen LogP contribution in [0, 0.1) is 0 Å². The minimum absolute atomic E-state index is 0.285. The van der Waals surface area contributed by atoms with Gasteiger partial charge >= 0.3 is 0 Å². The molecular formula is C21H27Cl2NO3. The van der Waals surface area contributed by atoms with Gasteiger partial charge in [0.25, 0.3) is 0 Å². The van der Waals surface area contributed by atoms with Gasteiger partial charge in [0, 0.05) is 35.4 Å². The van der Waals surface area contributed by atoms with Gasteiger partial charge in [0.2, 0.25) is 0 Å². The van der Waals surface area contributed by atoms with Crippen LogP contribution in [0.2, 0.25) is 10.0 Å². The Hall–Kier alpha value is -1.46. The smallest absolute Gasteiger partial charge is 0.161 e. The minimum Gasteiger partial charge on any atom is -0.490 e. The van der Waals surface area contributed by atoms with Crippen LogP contribution in [-0.2, 0) is 17.9 Å². The van der Waals surface area contributed by atoms with Crippen molar-refractivity contribution in [3.8, 4) is 11.5 Å². The van der Waals surface area contributed by atoms with Gasteiger partial charge in [-0.2, -0.15) is 0 Å². The number of hydrogen-bond acceptors (Lipinski definition) is 4. The highest BCUT2D eigenvalue weighted by atomic mass is 35.5. The van der Waals surface area contributed by atoms with Gasteiger partial charge < -0.3 is 19.5 Å². The number of ether oxygens (including phenoxy) is 3. The van der Waals surface area contributed by atoms with Crippen molar-refractivity contribution in [1.82, 2.24) is 5.32 Å². The number of halogens is 2. The van der Waals surface area contributed by atoms with Crippen molar-refractivity contribution in [2.45, 2.75) is 33.4 Å². The van der Waals surface area contributed by atoms with Crippen molar-refractivity contribution in [2.75, 3.05) is 26.4 Å². The molecule has 2 rings (SSSR count). The molecule has 0 amide bonds. The van der Waals surface area contributed by atoms with Gasteiger partial charge in [-0.15, -0.1) is 0 Å². The molecule has 0 heterocycles. The lowest BCUT2D eigenvalue weighted by Gasteiger charge is -2.15. The molecule has 0 radical (unpaired) electrons. The maximum atomic E-state index is 6.21. The number of rotatable bonds is 12. The zero-order valence-electron chi connectivity index (χ0n) is 15.9. The van der Waals surface area contributed by atoms with Crippen LogP contribution in [0.1, 0.15) is 31.4 Å². The highest BCUT2D eigenvalue weighted by Gasteiger charge is 2.10. The first-order chi connectivity index (χ1) is 13.2. The molecule has 0 bridgehead atoms. The SMILES string of the molecule is CCOCCCNCc1ccc(OCc2c(Cl)cccc2Cl)c(OCC)c1. The van der Waals surface area contributed by atoms with E-state index >= 15 is 0 Å². The van der Waals surface area contributed by atoms with E-state index in [1.807, 2.05) is 38.1 Å². The summed E-state index contributed by atoms with van der Waals surface area (Å²) in [6.45, 7) is 8.03. The van der Waals surface area contributed by atoms with Crippen molar-refractivity contribution in [1.29, 1.82) is 0 Å². The molecule has 2 aromatic rings. The highest BCUT2D eigenvalue weighted by molar-refractivity contribution is 6.35. The van der Waals surface area contributed by atoms with Crippen LogP contribution in [0.5, 0.6) is 11.5 Å². The second-order valence-corrected chi connectivity index (χ2v) is 6.74. The summed E-state index contributed by atoms with van der Waals surface area (Å²) in [6, 6.07) is 11.4. The second kappa shape index (κ2) is 12.1. The van der Waals surface area contributed by atoms with E-state index in [9.17, 15) is 0 Å². The Morgan fingerprint density at radius 1 is 0.926 bits per heavy atom. The van der Waals surface area contributed by atoms with E-state index in [1.165, 1.54) is 0 Å². The molecule has 0 aliphatic carbocycles. The fourth-order valence-corrected chi connectivity index (χ4v) is 3.05. The molecule has 6 heteroatoms. The van der Waals surface area contributed by atoms with Crippen LogP contribution < -0.4 is 14.8 Å². The first kappa shape index (κ1) is 21.8. The summed E-state index contributed by atoms with van der Waals surface area (Å²) >= 11 is 12.4. The zero-order valence-corrected chi connectivity index (χ0v) is 17.4. The average molecular weight is 412 g/mol. The molecule has 2 aromatic carbocycles. The molecule has 0 aliphatic rings. The number of nitrogens with one attached hydrogen (secondary N) is 1. The molecule has 0 saturated carbocycles. The van der Waals surface area contributed by atoms with E-state index in [-0.39, 0.29) is 6.61 Å². The fraction of sp³-hybridized carbons (Fsp3) is 0.429. The van der Waals surface area contributed by atoms with E-state index in [0.29, 0.717) is 28.2 Å². The predicted octanol–water partition coefficient (Wildman–Crippen LogP) is 5.49. The summed E-state index contributed by atoms with van der Waals surface area (Å²) in [6.07, 6.45) is 0.992. The Morgan fingerprint density at radius 3 is 2.41 bits per heavy atom. The zero-order chi connectivity index (χ0) is 19.5. The van der Waals surface area contributed by atoms with Crippen LogP contribution in [-0.4, -0.2) is 26.4 Å². The first-order valence-corrected chi connectivity index (χ1v) is 10.0. The second-order valence-electron chi connectivity index (χ2n) is 5.93. The third kappa shape index (κ3) is 7.23. The third-order valence-electron chi connectivity index (χ3n) is 3.92. The Labute approximate surface area is 171 Å². The summed E-state index contributed by atoms with van der Waals surface area (Å²) < 4.78 is 17.0. The summed E-state index contributed by atoms with van der Waals surface area (Å²) in [5.41, 5.74) is 1.90. The van der Waals surface area contributed by atoms with Gasteiger partial charge in [0.1, 0.15) is 6.61 Å². The molecule has 0 unspecified atom stereocenters. The van der Waals surface area contributed by atoms with E-state index in [1.54, 1.807) is 12.1 Å². The monoisotopic (exact) mass is 411 g/mol. The quantitative estimate of drug-likeness (QED) is 0.468. The summed E-state index contributed by atoms with van der Waals surface area (Å²) in [5, 5.41) is 4.59. The van der Waals surface area contributed by atoms with Crippen molar-refractivity contribution in [3.63, 3.8) is 0 Å². The fourth-order valence-electron chi connectivity index (χ4n) is 2.55. The van der Waals surface area contributed by atoms with Crippen molar-refractivity contribution in [3.05, 3.63) is 57.6 Å².